The van der Waals surface area contributed by atoms with Gasteiger partial charge in [0.25, 0.3) is 0 Å². The van der Waals surface area contributed by atoms with Crippen molar-refractivity contribution in [1.29, 1.82) is 0 Å². The van der Waals surface area contributed by atoms with Crippen molar-refractivity contribution in [2.75, 3.05) is 0 Å². The summed E-state index contributed by atoms with van der Waals surface area (Å²) in [5.41, 5.74) is 1.26. The first-order valence-electron chi connectivity index (χ1n) is 6.51. The molecule has 0 radical (unpaired) electrons. The van der Waals surface area contributed by atoms with Gasteiger partial charge in [0.15, 0.2) is 0 Å². The van der Waals surface area contributed by atoms with Crippen molar-refractivity contribution >= 4 is 48.0 Å². The molecule has 1 nitrogen and oxygen atoms in total. The maximum atomic E-state index is 5.68. The lowest BCUT2D eigenvalue weighted by atomic mass is 10.1. The van der Waals surface area contributed by atoms with E-state index < -0.39 is 0 Å². The quantitative estimate of drug-likeness (QED) is 0.497. The monoisotopic (exact) mass is 366 g/mol. The number of ether oxygens (including phenoxy) is 1. The summed E-state index contributed by atoms with van der Waals surface area (Å²) in [5, 5.41) is 2.15. The summed E-state index contributed by atoms with van der Waals surface area (Å²) >= 11 is 7.46. The van der Waals surface area contributed by atoms with Crippen LogP contribution in [0.3, 0.4) is 0 Å². The van der Waals surface area contributed by atoms with Crippen LogP contribution in [0.4, 0.5) is 0 Å². The Kier molecular flexibility index (Phi) is 4.15. The summed E-state index contributed by atoms with van der Waals surface area (Å²) in [7, 11) is 0. The summed E-state index contributed by atoms with van der Waals surface area (Å²) in [4.78, 5) is 1.60. The normalized spacial score (nSPS) is 13.0. The summed E-state index contributed by atoms with van der Waals surface area (Å²) in [6, 6.07) is 12.8. The van der Waals surface area contributed by atoms with E-state index in [9.17, 15) is 0 Å². The molecule has 0 saturated heterocycles. The first kappa shape index (κ1) is 14.1. The number of hydrogen-bond acceptors (Lipinski definition) is 3. The smallest absolute Gasteiger partial charge is 0.119 e. The van der Waals surface area contributed by atoms with Crippen molar-refractivity contribution in [3.8, 4) is 5.75 Å². The summed E-state index contributed by atoms with van der Waals surface area (Å²) in [6.45, 7) is 4.08. The molecular formula is C16H15BrOS2. The van der Waals surface area contributed by atoms with E-state index in [-0.39, 0.29) is 10.9 Å². The number of rotatable bonds is 4. The van der Waals surface area contributed by atoms with Gasteiger partial charge in [-0.3, -0.25) is 0 Å². The van der Waals surface area contributed by atoms with E-state index in [1.807, 2.05) is 37.3 Å². The van der Waals surface area contributed by atoms with Gasteiger partial charge in [-0.25, -0.2) is 0 Å². The third-order valence-electron chi connectivity index (χ3n) is 2.95. The minimum Gasteiger partial charge on any atom is -0.491 e. The Labute approximate surface area is 135 Å². The van der Waals surface area contributed by atoms with Crippen LogP contribution in [0.2, 0.25) is 0 Å². The van der Waals surface area contributed by atoms with E-state index in [0.717, 1.165) is 5.75 Å². The highest BCUT2D eigenvalue weighted by Crippen LogP contribution is 2.40. The Morgan fingerprint density at radius 2 is 1.80 bits per heavy atom. The van der Waals surface area contributed by atoms with Gasteiger partial charge in [-0.05, 0) is 49.1 Å². The fourth-order valence-electron chi connectivity index (χ4n) is 2.06. The lowest BCUT2D eigenvalue weighted by Crippen LogP contribution is -2.05. The fraction of sp³-hybridized carbons (Fsp3) is 0.250. The van der Waals surface area contributed by atoms with E-state index in [0.29, 0.717) is 0 Å². The topological polar surface area (TPSA) is 9.23 Å². The van der Waals surface area contributed by atoms with Gasteiger partial charge in [0.1, 0.15) is 5.75 Å². The zero-order valence-corrected chi connectivity index (χ0v) is 14.5. The molecule has 0 aliphatic heterocycles. The first-order valence-corrected chi connectivity index (χ1v) is 9.12. The molecular weight excluding hydrogens is 352 g/mol. The molecule has 3 aromatic rings. The van der Waals surface area contributed by atoms with Crippen molar-refractivity contribution in [3.05, 3.63) is 52.2 Å². The third-order valence-corrected chi connectivity index (χ3v) is 6.44. The van der Waals surface area contributed by atoms with Gasteiger partial charge in [-0.1, -0.05) is 28.1 Å². The van der Waals surface area contributed by atoms with E-state index in [2.05, 4.69) is 45.6 Å². The van der Waals surface area contributed by atoms with Crippen LogP contribution < -0.4 is 4.74 Å². The number of hydrogen-bond donors (Lipinski definition) is 0. The lowest BCUT2D eigenvalue weighted by Gasteiger charge is -2.12. The largest absolute Gasteiger partial charge is 0.491 e. The van der Waals surface area contributed by atoms with Crippen molar-refractivity contribution in [2.45, 2.75) is 24.8 Å². The second-order valence-corrected chi connectivity index (χ2v) is 7.87. The standard InChI is InChI=1S/C16H15BrOS2/c1-10(2)18-12-5-3-11(4-6-12)16(17)15-9-14-13(20-15)7-8-19-14/h3-10,16H,1-2H3. The van der Waals surface area contributed by atoms with Gasteiger partial charge in [0.05, 0.1) is 10.9 Å². The highest BCUT2D eigenvalue weighted by molar-refractivity contribution is 9.09. The zero-order chi connectivity index (χ0) is 14.1. The number of halogens is 1. The van der Waals surface area contributed by atoms with Crippen molar-refractivity contribution in [2.24, 2.45) is 0 Å². The molecule has 0 fully saturated rings. The predicted molar refractivity (Wildman–Crippen MR) is 92.7 cm³/mol. The van der Waals surface area contributed by atoms with E-state index in [1.165, 1.54) is 19.8 Å². The average Bonchev–Trinajstić information content (AvgIpc) is 2.98. The number of fused-ring (bicyclic) bond motifs is 1. The summed E-state index contributed by atoms with van der Waals surface area (Å²) in [6.07, 6.45) is 0.213. The fourth-order valence-corrected chi connectivity index (χ4v) is 4.90. The summed E-state index contributed by atoms with van der Waals surface area (Å²) in [5.74, 6) is 0.926. The molecule has 1 atom stereocenters. The SMILES string of the molecule is CC(C)Oc1ccc(C(Br)c2cc3sccc3s2)cc1. The molecule has 3 rings (SSSR count). The Bertz CT molecular complexity index is 668. The minimum absolute atomic E-state index is 0.213. The number of benzene rings is 1. The second kappa shape index (κ2) is 5.88. The van der Waals surface area contributed by atoms with Gasteiger partial charge in [0.2, 0.25) is 0 Å². The molecule has 0 aliphatic rings. The highest BCUT2D eigenvalue weighted by atomic mass is 79.9. The minimum atomic E-state index is 0.213. The van der Waals surface area contributed by atoms with Crippen LogP contribution in [0.25, 0.3) is 9.40 Å². The molecule has 0 saturated carbocycles. The third kappa shape index (κ3) is 2.92. The molecule has 0 amide bonds. The molecule has 2 heterocycles. The maximum Gasteiger partial charge on any atom is 0.119 e. The molecule has 0 aliphatic carbocycles. The zero-order valence-electron chi connectivity index (χ0n) is 11.3. The Balaban J connectivity index is 1.82. The molecule has 104 valence electrons. The number of alkyl halides is 1. The summed E-state index contributed by atoms with van der Waals surface area (Å²) < 4.78 is 8.42. The van der Waals surface area contributed by atoms with Crippen LogP contribution in [-0.4, -0.2) is 6.10 Å². The van der Waals surface area contributed by atoms with Crippen LogP contribution in [0.15, 0.2) is 41.8 Å². The van der Waals surface area contributed by atoms with Crippen molar-refractivity contribution in [1.82, 2.24) is 0 Å². The Hall–Kier alpha value is -0.840. The average molecular weight is 367 g/mol. The van der Waals surface area contributed by atoms with Crippen LogP contribution in [0.1, 0.15) is 29.1 Å². The first-order chi connectivity index (χ1) is 9.63. The van der Waals surface area contributed by atoms with E-state index >= 15 is 0 Å². The molecule has 1 unspecified atom stereocenters. The molecule has 0 N–H and O–H groups in total. The van der Waals surface area contributed by atoms with E-state index in [1.54, 1.807) is 11.3 Å². The Morgan fingerprint density at radius 1 is 1.05 bits per heavy atom. The Morgan fingerprint density at radius 3 is 2.45 bits per heavy atom. The predicted octanol–water partition coefficient (Wildman–Crippen LogP) is 6.23. The van der Waals surface area contributed by atoms with Crippen molar-refractivity contribution in [3.63, 3.8) is 0 Å². The maximum absolute atomic E-state index is 5.68. The number of thiophene rings is 2. The van der Waals surface area contributed by atoms with Crippen molar-refractivity contribution < 1.29 is 4.74 Å². The van der Waals surface area contributed by atoms with Gasteiger partial charge in [-0.15, -0.1) is 22.7 Å². The molecule has 0 spiro atoms. The lowest BCUT2D eigenvalue weighted by molar-refractivity contribution is 0.242. The van der Waals surface area contributed by atoms with Gasteiger partial charge < -0.3 is 4.74 Å². The second-order valence-electron chi connectivity index (χ2n) is 4.90. The van der Waals surface area contributed by atoms with Crippen LogP contribution in [-0.2, 0) is 0 Å². The highest BCUT2D eigenvalue weighted by Gasteiger charge is 2.14. The molecule has 0 bridgehead atoms. The van der Waals surface area contributed by atoms with Crippen LogP contribution in [0, 0.1) is 0 Å². The van der Waals surface area contributed by atoms with Gasteiger partial charge in [-0.2, -0.15) is 0 Å². The van der Waals surface area contributed by atoms with Crippen LogP contribution in [0.5, 0.6) is 5.75 Å². The van der Waals surface area contributed by atoms with Crippen LogP contribution >= 0.6 is 38.6 Å². The molecule has 1 aromatic carbocycles. The molecule has 2 aromatic heterocycles. The van der Waals surface area contributed by atoms with E-state index in [4.69, 9.17) is 4.74 Å². The van der Waals surface area contributed by atoms with Gasteiger partial charge >= 0.3 is 0 Å². The molecule has 4 heteroatoms. The molecule has 20 heavy (non-hydrogen) atoms. The van der Waals surface area contributed by atoms with Gasteiger partial charge in [0, 0.05) is 14.3 Å².